The van der Waals surface area contributed by atoms with Gasteiger partial charge in [0.05, 0.1) is 13.1 Å². The van der Waals surface area contributed by atoms with Crippen molar-refractivity contribution in [2.24, 2.45) is 0 Å². The highest BCUT2D eigenvalue weighted by Crippen LogP contribution is 2.11. The summed E-state index contributed by atoms with van der Waals surface area (Å²) in [6, 6.07) is 9.47. The summed E-state index contributed by atoms with van der Waals surface area (Å²) in [5.74, 6) is -3.41. The number of amides is 1. The van der Waals surface area contributed by atoms with Crippen LogP contribution in [0.3, 0.4) is 0 Å². The van der Waals surface area contributed by atoms with Crippen molar-refractivity contribution < 1.29 is 38.8 Å². The smallest absolute Gasteiger partial charge is 0.430 e. The van der Waals surface area contributed by atoms with Gasteiger partial charge in [-0.2, -0.15) is 13.2 Å². The van der Waals surface area contributed by atoms with E-state index in [4.69, 9.17) is 9.90 Å². The number of carboxylic acids is 1. The molecule has 0 atom stereocenters. The summed E-state index contributed by atoms with van der Waals surface area (Å²) in [6.45, 7) is 1.02. The van der Waals surface area contributed by atoms with Crippen LogP contribution in [0, 0.1) is 0 Å². The average molecular weight is 334 g/mol. The van der Waals surface area contributed by atoms with Crippen LogP contribution in [-0.2, 0) is 9.59 Å². The Kier molecular flexibility index (Phi) is 9.28. The van der Waals surface area contributed by atoms with Gasteiger partial charge in [0.2, 0.25) is 0 Å². The molecule has 1 amide bonds. The molecule has 0 aliphatic rings. The third-order valence-electron chi connectivity index (χ3n) is 2.32. The molecule has 0 bridgehead atoms. The van der Waals surface area contributed by atoms with Crippen molar-refractivity contribution in [2.75, 3.05) is 13.1 Å². The van der Waals surface area contributed by atoms with E-state index in [1.807, 2.05) is 30.3 Å². The van der Waals surface area contributed by atoms with E-state index in [0.717, 1.165) is 5.56 Å². The number of aliphatic carboxylic acids is 1. The summed E-state index contributed by atoms with van der Waals surface area (Å²) in [5, 5.41) is 18.8. The summed E-state index contributed by atoms with van der Waals surface area (Å²) < 4.78 is 31.5. The van der Waals surface area contributed by atoms with E-state index in [1.54, 1.807) is 6.08 Å². The maximum absolute atomic E-state index is 11.4. The summed E-state index contributed by atoms with van der Waals surface area (Å²) in [4.78, 5) is 20.2. The molecule has 0 fully saturated rings. The van der Waals surface area contributed by atoms with Gasteiger partial charge in [0, 0.05) is 12.5 Å². The summed E-state index contributed by atoms with van der Waals surface area (Å²) in [5.41, 5.74) is 4.58. The van der Waals surface area contributed by atoms with Crippen molar-refractivity contribution in [3.05, 3.63) is 42.0 Å². The Bertz CT molecular complexity index is 519. The monoisotopic (exact) mass is 334 g/mol. The molecular weight excluding hydrogens is 317 g/mol. The second-order valence-electron chi connectivity index (χ2n) is 4.20. The molecule has 0 aliphatic carbocycles. The largest absolute Gasteiger partial charge is 0.542 e. The maximum Gasteiger partial charge on any atom is 0.430 e. The Morgan fingerprint density at radius 1 is 1.26 bits per heavy atom. The Balaban J connectivity index is 0.000000585. The van der Waals surface area contributed by atoms with Gasteiger partial charge < -0.3 is 15.6 Å². The lowest BCUT2D eigenvalue weighted by Crippen LogP contribution is -2.51. The number of carbonyl (C=O) groups excluding carboxylic acids is 2. The highest BCUT2D eigenvalue weighted by Gasteiger charge is 2.28. The van der Waals surface area contributed by atoms with Crippen LogP contribution in [0.4, 0.5) is 13.2 Å². The fourth-order valence-corrected chi connectivity index (χ4v) is 1.19. The molecule has 0 radical (unpaired) electrons. The van der Waals surface area contributed by atoms with Gasteiger partial charge in [-0.05, 0) is 11.6 Å². The molecule has 0 heterocycles. The first-order valence-electron chi connectivity index (χ1n) is 6.49. The molecule has 9 heteroatoms. The van der Waals surface area contributed by atoms with Gasteiger partial charge in [-0.3, -0.25) is 10.0 Å². The number of carbonyl (C=O) groups is 2. The second-order valence-corrected chi connectivity index (χ2v) is 4.20. The van der Waals surface area contributed by atoms with Crippen molar-refractivity contribution >= 4 is 18.0 Å². The minimum absolute atomic E-state index is 0.321. The molecule has 4 N–H and O–H groups in total. The number of halogens is 3. The molecule has 0 spiro atoms. The predicted molar refractivity (Wildman–Crippen MR) is 72.4 cm³/mol. The van der Waals surface area contributed by atoms with Crippen LogP contribution in [0.15, 0.2) is 36.4 Å². The first kappa shape index (κ1) is 20.6. The summed E-state index contributed by atoms with van der Waals surface area (Å²) in [7, 11) is 0. The van der Waals surface area contributed by atoms with Crippen molar-refractivity contribution in [1.29, 1.82) is 0 Å². The zero-order valence-electron chi connectivity index (χ0n) is 12.1. The minimum Gasteiger partial charge on any atom is -0.542 e. The van der Waals surface area contributed by atoms with Gasteiger partial charge in [0.15, 0.2) is 0 Å². The van der Waals surface area contributed by atoms with Gasteiger partial charge in [0.25, 0.3) is 5.91 Å². The van der Waals surface area contributed by atoms with E-state index in [2.05, 4.69) is 5.73 Å². The molecular formula is C14H17F3N2O4. The third kappa shape index (κ3) is 10.0. The lowest BCUT2D eigenvalue weighted by Gasteiger charge is -2.10. The van der Waals surface area contributed by atoms with Crippen LogP contribution >= 0.6 is 0 Å². The molecule has 1 aromatic carbocycles. The number of alkyl halides is 3. The lowest BCUT2D eigenvalue weighted by molar-refractivity contribution is -0.369. The quantitative estimate of drug-likeness (QED) is 0.443. The molecule has 23 heavy (non-hydrogen) atoms. The van der Waals surface area contributed by atoms with E-state index in [1.165, 1.54) is 6.08 Å². The first-order valence-corrected chi connectivity index (χ1v) is 6.49. The van der Waals surface area contributed by atoms with Crippen LogP contribution in [-0.4, -0.2) is 41.4 Å². The van der Waals surface area contributed by atoms with Crippen molar-refractivity contribution in [1.82, 2.24) is 5.06 Å². The molecule has 0 unspecified atom stereocenters. The Morgan fingerprint density at radius 3 is 2.22 bits per heavy atom. The van der Waals surface area contributed by atoms with Gasteiger partial charge in [-0.25, -0.2) is 5.06 Å². The number of hydrogen-bond acceptors (Lipinski definition) is 4. The van der Waals surface area contributed by atoms with Crippen LogP contribution in [0.5, 0.6) is 0 Å². The van der Waals surface area contributed by atoms with E-state index >= 15 is 0 Å². The van der Waals surface area contributed by atoms with E-state index < -0.39 is 18.1 Å². The Morgan fingerprint density at radius 2 is 1.78 bits per heavy atom. The van der Waals surface area contributed by atoms with E-state index in [9.17, 15) is 23.2 Å². The summed E-state index contributed by atoms with van der Waals surface area (Å²) >= 11 is 0. The highest BCUT2D eigenvalue weighted by atomic mass is 19.4. The molecule has 0 aliphatic heterocycles. The number of hydroxylamine groups is 2. The molecule has 1 rings (SSSR count). The standard InChI is InChI=1S/C12H16N2O2.C2HF3O2/c13-9-4-10-14(16)12(15)8-7-11-5-2-1-3-6-11;3-2(4,5)1(6)7/h1-3,5-8,16H,4,9-10,13H2;(H,6,7)/b8-7+;. The average Bonchev–Trinajstić information content (AvgIpc) is 2.50. The number of carboxylic acid groups (broad SMARTS) is 1. The predicted octanol–water partition coefficient (Wildman–Crippen LogP) is -0.152. The molecule has 0 saturated carbocycles. The number of quaternary nitrogens is 1. The molecule has 6 nitrogen and oxygen atoms in total. The lowest BCUT2D eigenvalue weighted by atomic mass is 10.2. The van der Waals surface area contributed by atoms with Crippen molar-refractivity contribution in [2.45, 2.75) is 12.6 Å². The zero-order chi connectivity index (χ0) is 17.9. The topological polar surface area (TPSA) is 108 Å². The van der Waals surface area contributed by atoms with Gasteiger partial charge in [-0.15, -0.1) is 0 Å². The van der Waals surface area contributed by atoms with Crippen molar-refractivity contribution in [3.8, 4) is 0 Å². The number of hydrogen-bond donors (Lipinski definition) is 2. The van der Waals surface area contributed by atoms with Crippen LogP contribution in [0.25, 0.3) is 6.08 Å². The second kappa shape index (κ2) is 10.4. The summed E-state index contributed by atoms with van der Waals surface area (Å²) in [6.07, 6.45) is -1.46. The fourth-order valence-electron chi connectivity index (χ4n) is 1.19. The molecule has 128 valence electrons. The first-order chi connectivity index (χ1) is 10.7. The van der Waals surface area contributed by atoms with Crippen LogP contribution in [0.1, 0.15) is 12.0 Å². The number of benzene rings is 1. The fraction of sp³-hybridized carbons (Fsp3) is 0.286. The molecule has 1 aromatic rings. The van der Waals surface area contributed by atoms with Crippen molar-refractivity contribution in [3.63, 3.8) is 0 Å². The van der Waals surface area contributed by atoms with E-state index in [-0.39, 0.29) is 0 Å². The van der Waals surface area contributed by atoms with Gasteiger partial charge >= 0.3 is 6.18 Å². The van der Waals surface area contributed by atoms with Gasteiger partial charge in [-0.1, -0.05) is 30.3 Å². The number of rotatable bonds is 5. The third-order valence-corrected chi connectivity index (χ3v) is 2.32. The van der Waals surface area contributed by atoms with Crippen LogP contribution < -0.4 is 10.8 Å². The SMILES string of the molecule is O=C([O-])C(F)(F)F.[NH3+]CCCN(O)C(=O)/C=C/c1ccccc1. The zero-order valence-corrected chi connectivity index (χ0v) is 12.1. The normalized spacial score (nSPS) is 10.8. The van der Waals surface area contributed by atoms with E-state index in [0.29, 0.717) is 24.6 Å². The Labute approximate surface area is 130 Å². The Hall–Kier alpha value is -2.39. The molecule has 0 saturated heterocycles. The molecule has 0 aromatic heterocycles. The van der Waals surface area contributed by atoms with Crippen LogP contribution in [0.2, 0.25) is 0 Å². The minimum atomic E-state index is -5.19. The van der Waals surface area contributed by atoms with Gasteiger partial charge in [0.1, 0.15) is 5.97 Å². The highest BCUT2D eigenvalue weighted by molar-refractivity contribution is 5.90. The maximum atomic E-state index is 11.4. The number of nitrogens with zero attached hydrogens (tertiary/aromatic N) is 1.